The number of hydrogen-bond donors (Lipinski definition) is 2. The van der Waals surface area contributed by atoms with Crippen molar-refractivity contribution in [2.45, 2.75) is 38.3 Å². The van der Waals surface area contributed by atoms with Gasteiger partial charge in [0.25, 0.3) is 5.91 Å². The van der Waals surface area contributed by atoms with E-state index in [-0.39, 0.29) is 5.91 Å². The molecule has 2 atom stereocenters. The van der Waals surface area contributed by atoms with Crippen LogP contribution in [0.5, 0.6) is 0 Å². The maximum atomic E-state index is 12.9. The van der Waals surface area contributed by atoms with Crippen LogP contribution < -0.4 is 5.32 Å². The molecular weight excluding hydrogens is 264 g/mol. The van der Waals surface area contributed by atoms with Gasteiger partial charge in [0.2, 0.25) is 0 Å². The van der Waals surface area contributed by atoms with E-state index in [1.54, 1.807) is 0 Å². The summed E-state index contributed by atoms with van der Waals surface area (Å²) in [7, 11) is 0. The third-order valence-electron chi connectivity index (χ3n) is 4.74. The predicted octanol–water partition coefficient (Wildman–Crippen LogP) is 1.84. The van der Waals surface area contributed by atoms with Crippen LogP contribution in [0.15, 0.2) is 18.2 Å². The number of rotatable bonds is 1. The number of imidazole rings is 1. The molecule has 2 fully saturated rings. The van der Waals surface area contributed by atoms with Gasteiger partial charge in [-0.2, -0.15) is 0 Å². The smallest absolute Gasteiger partial charge is 0.254 e. The molecule has 21 heavy (non-hydrogen) atoms. The van der Waals surface area contributed by atoms with Crippen molar-refractivity contribution >= 4 is 16.9 Å². The highest BCUT2D eigenvalue weighted by Crippen LogP contribution is 2.30. The van der Waals surface area contributed by atoms with E-state index in [4.69, 9.17) is 0 Å². The summed E-state index contributed by atoms with van der Waals surface area (Å²) in [5, 5.41) is 3.44. The van der Waals surface area contributed by atoms with Gasteiger partial charge in [-0.1, -0.05) is 0 Å². The first-order valence-electron chi connectivity index (χ1n) is 7.72. The number of fused-ring (bicyclic) bond motifs is 3. The normalized spacial score (nSPS) is 25.3. The molecule has 2 saturated heterocycles. The molecule has 0 radical (unpaired) electrons. The highest BCUT2D eigenvalue weighted by Gasteiger charge is 2.38. The van der Waals surface area contributed by atoms with Crippen LogP contribution >= 0.6 is 0 Å². The van der Waals surface area contributed by atoms with Crippen molar-refractivity contribution in [1.82, 2.24) is 20.2 Å². The van der Waals surface area contributed by atoms with Gasteiger partial charge >= 0.3 is 0 Å². The van der Waals surface area contributed by atoms with E-state index in [2.05, 4.69) is 20.2 Å². The Morgan fingerprint density at radius 3 is 3.05 bits per heavy atom. The van der Waals surface area contributed by atoms with Gasteiger partial charge in [-0.15, -0.1) is 0 Å². The predicted molar refractivity (Wildman–Crippen MR) is 81.3 cm³/mol. The van der Waals surface area contributed by atoms with Gasteiger partial charge in [0.05, 0.1) is 11.0 Å². The zero-order chi connectivity index (χ0) is 14.4. The minimum Gasteiger partial charge on any atom is -0.342 e. The van der Waals surface area contributed by atoms with Crippen LogP contribution in [0, 0.1) is 6.92 Å². The largest absolute Gasteiger partial charge is 0.342 e. The maximum Gasteiger partial charge on any atom is 0.254 e. The molecule has 2 bridgehead atoms. The molecule has 1 amide bonds. The number of aromatic amines is 1. The second kappa shape index (κ2) is 4.84. The lowest BCUT2D eigenvalue weighted by Gasteiger charge is -2.28. The molecule has 1 aromatic carbocycles. The Balaban J connectivity index is 1.68. The first-order valence-corrected chi connectivity index (χ1v) is 7.72. The number of amides is 1. The molecule has 0 unspecified atom stereocenters. The molecule has 0 saturated carbocycles. The lowest BCUT2D eigenvalue weighted by atomic mass is 10.1. The van der Waals surface area contributed by atoms with E-state index < -0.39 is 0 Å². The number of hydrogen-bond acceptors (Lipinski definition) is 3. The second-order valence-electron chi connectivity index (χ2n) is 6.14. The first kappa shape index (κ1) is 12.8. The highest BCUT2D eigenvalue weighted by atomic mass is 16.2. The van der Waals surface area contributed by atoms with Gasteiger partial charge in [0.1, 0.15) is 5.82 Å². The fourth-order valence-electron chi connectivity index (χ4n) is 3.73. The van der Waals surface area contributed by atoms with E-state index in [0.29, 0.717) is 12.1 Å². The quantitative estimate of drug-likeness (QED) is 0.840. The summed E-state index contributed by atoms with van der Waals surface area (Å²) in [4.78, 5) is 22.6. The summed E-state index contributed by atoms with van der Waals surface area (Å²) in [5.41, 5.74) is 2.63. The second-order valence-corrected chi connectivity index (χ2v) is 6.14. The Bertz CT molecular complexity index is 679. The van der Waals surface area contributed by atoms with Gasteiger partial charge in [-0.05, 0) is 50.9 Å². The molecule has 5 nitrogen and oxygen atoms in total. The van der Waals surface area contributed by atoms with Crippen molar-refractivity contribution in [3.63, 3.8) is 0 Å². The summed E-state index contributed by atoms with van der Waals surface area (Å²) in [5.74, 6) is 1.05. The Hall–Kier alpha value is -1.88. The van der Waals surface area contributed by atoms with Crippen molar-refractivity contribution in [3.8, 4) is 0 Å². The van der Waals surface area contributed by atoms with Crippen molar-refractivity contribution < 1.29 is 4.79 Å². The summed E-state index contributed by atoms with van der Waals surface area (Å²) >= 11 is 0. The number of carbonyl (C=O) groups is 1. The van der Waals surface area contributed by atoms with Gasteiger partial charge in [-0.25, -0.2) is 4.98 Å². The van der Waals surface area contributed by atoms with Crippen LogP contribution in [0.3, 0.4) is 0 Å². The van der Waals surface area contributed by atoms with E-state index >= 15 is 0 Å². The summed E-state index contributed by atoms with van der Waals surface area (Å²) in [6.45, 7) is 3.87. The number of aromatic nitrogens is 2. The van der Waals surface area contributed by atoms with E-state index in [0.717, 1.165) is 54.8 Å². The zero-order valence-corrected chi connectivity index (χ0v) is 12.2. The van der Waals surface area contributed by atoms with Gasteiger partial charge in [0.15, 0.2) is 0 Å². The Kier molecular flexibility index (Phi) is 2.96. The van der Waals surface area contributed by atoms with Crippen molar-refractivity contribution in [3.05, 3.63) is 29.6 Å². The molecule has 4 rings (SSSR count). The zero-order valence-electron chi connectivity index (χ0n) is 12.2. The van der Waals surface area contributed by atoms with Crippen LogP contribution in [-0.2, 0) is 0 Å². The maximum absolute atomic E-state index is 12.9. The number of nitrogens with one attached hydrogen (secondary N) is 2. The number of H-pyrrole nitrogens is 1. The molecule has 110 valence electrons. The molecule has 0 aliphatic carbocycles. The van der Waals surface area contributed by atoms with Crippen molar-refractivity contribution in [2.75, 3.05) is 13.1 Å². The molecule has 2 aliphatic heterocycles. The summed E-state index contributed by atoms with van der Waals surface area (Å²) < 4.78 is 0. The van der Waals surface area contributed by atoms with Crippen LogP contribution in [0.2, 0.25) is 0 Å². The summed E-state index contributed by atoms with van der Waals surface area (Å²) in [6, 6.07) is 6.53. The van der Waals surface area contributed by atoms with Crippen molar-refractivity contribution in [2.24, 2.45) is 0 Å². The fraction of sp³-hybridized carbons (Fsp3) is 0.500. The number of benzene rings is 1. The Morgan fingerprint density at radius 1 is 1.29 bits per heavy atom. The first-order chi connectivity index (χ1) is 10.2. The molecule has 2 aromatic rings. The Labute approximate surface area is 123 Å². The lowest BCUT2D eigenvalue weighted by molar-refractivity contribution is 0.0680. The van der Waals surface area contributed by atoms with Crippen LogP contribution in [0.25, 0.3) is 11.0 Å². The average molecular weight is 284 g/mol. The fourth-order valence-corrected chi connectivity index (χ4v) is 3.73. The summed E-state index contributed by atoms with van der Waals surface area (Å²) in [6.07, 6.45) is 3.33. The molecule has 5 heteroatoms. The third-order valence-corrected chi connectivity index (χ3v) is 4.74. The minimum absolute atomic E-state index is 0.167. The van der Waals surface area contributed by atoms with Crippen molar-refractivity contribution in [1.29, 1.82) is 0 Å². The molecule has 2 aliphatic rings. The van der Waals surface area contributed by atoms with Gasteiger partial charge in [-0.3, -0.25) is 4.79 Å². The average Bonchev–Trinajstić information content (AvgIpc) is 2.94. The number of carbonyl (C=O) groups excluding carboxylic acids is 1. The highest BCUT2D eigenvalue weighted by molar-refractivity contribution is 5.98. The van der Waals surface area contributed by atoms with Crippen LogP contribution in [-0.4, -0.2) is 45.9 Å². The topological polar surface area (TPSA) is 61.0 Å². The lowest BCUT2D eigenvalue weighted by Crippen LogP contribution is -2.42. The van der Waals surface area contributed by atoms with Gasteiger partial charge in [0, 0.05) is 24.2 Å². The monoisotopic (exact) mass is 284 g/mol. The van der Waals surface area contributed by atoms with Crippen LogP contribution in [0.1, 0.15) is 35.4 Å². The molecule has 1 aromatic heterocycles. The minimum atomic E-state index is 0.167. The third kappa shape index (κ3) is 2.12. The number of aryl methyl sites for hydroxylation is 1. The number of nitrogens with zero attached hydrogens (tertiary/aromatic N) is 2. The molecule has 3 heterocycles. The molecular formula is C16H20N4O. The van der Waals surface area contributed by atoms with Crippen LogP contribution in [0.4, 0.5) is 0 Å². The molecule has 2 N–H and O–H groups in total. The van der Waals surface area contributed by atoms with E-state index in [1.165, 1.54) is 0 Å². The van der Waals surface area contributed by atoms with E-state index in [1.807, 2.05) is 25.1 Å². The molecule has 0 spiro atoms. The Morgan fingerprint density at radius 2 is 2.14 bits per heavy atom. The standard InChI is InChI=1S/C16H20N4O/c1-10-18-14-5-2-11(8-15(14)19-10)16(21)20-12-3-4-13(20)9-17-7-6-12/h2,5,8,12-13,17H,3-4,6-7,9H2,1H3,(H,18,19)/t12-,13+/m0/s1. The SMILES string of the molecule is Cc1nc2ccc(C(=O)N3[C@@H]4CCNC[C@H]3CC4)cc2[nH]1. The van der Waals surface area contributed by atoms with Gasteiger partial charge < -0.3 is 15.2 Å². The van der Waals surface area contributed by atoms with E-state index in [9.17, 15) is 4.79 Å².